The number of oxazole rings is 1. The number of halogens is 1. The van der Waals surface area contributed by atoms with Crippen molar-refractivity contribution in [1.29, 1.82) is 0 Å². The summed E-state index contributed by atoms with van der Waals surface area (Å²) in [7, 11) is 0. The van der Waals surface area contributed by atoms with Gasteiger partial charge in [-0.05, 0) is 39.0 Å². The minimum Gasteiger partial charge on any atom is -0.491 e. The molecular formula is C15H17ClN2O3. The molecule has 0 saturated heterocycles. The second kappa shape index (κ2) is 6.63. The van der Waals surface area contributed by atoms with Crippen LogP contribution in [-0.2, 0) is 6.54 Å². The van der Waals surface area contributed by atoms with Gasteiger partial charge in [-0.3, -0.25) is 4.79 Å². The van der Waals surface area contributed by atoms with E-state index in [0.717, 1.165) is 0 Å². The number of nitrogens with one attached hydrogen (secondary N) is 1. The van der Waals surface area contributed by atoms with E-state index < -0.39 is 0 Å². The largest absolute Gasteiger partial charge is 0.491 e. The predicted octanol–water partition coefficient (Wildman–Crippen LogP) is 3.35. The molecule has 5 nitrogen and oxygen atoms in total. The Morgan fingerprint density at radius 2 is 2.24 bits per heavy atom. The third-order valence-electron chi connectivity index (χ3n) is 2.82. The fraction of sp³-hybridized carbons (Fsp3) is 0.333. The Bertz CT molecular complexity index is 638. The van der Waals surface area contributed by atoms with E-state index in [1.807, 2.05) is 13.8 Å². The lowest BCUT2D eigenvalue weighted by Crippen LogP contribution is -2.23. The highest BCUT2D eigenvalue weighted by atomic mass is 35.5. The Labute approximate surface area is 128 Å². The van der Waals surface area contributed by atoms with Crippen LogP contribution < -0.4 is 10.1 Å². The van der Waals surface area contributed by atoms with E-state index in [4.69, 9.17) is 20.8 Å². The van der Waals surface area contributed by atoms with Crippen LogP contribution in [0.5, 0.6) is 5.75 Å². The van der Waals surface area contributed by atoms with Gasteiger partial charge >= 0.3 is 0 Å². The van der Waals surface area contributed by atoms with Crippen LogP contribution in [0.2, 0.25) is 5.02 Å². The number of aromatic nitrogens is 1. The molecule has 0 fully saturated rings. The van der Waals surface area contributed by atoms with Crippen LogP contribution in [0.1, 0.15) is 35.7 Å². The van der Waals surface area contributed by atoms with E-state index in [1.54, 1.807) is 25.1 Å². The maximum atomic E-state index is 12.1. The zero-order valence-corrected chi connectivity index (χ0v) is 12.9. The summed E-state index contributed by atoms with van der Waals surface area (Å²) in [5.74, 6) is 1.06. The first kappa shape index (κ1) is 15.4. The molecule has 0 unspecified atom stereocenters. The quantitative estimate of drug-likeness (QED) is 0.920. The van der Waals surface area contributed by atoms with Crippen molar-refractivity contribution in [2.75, 3.05) is 0 Å². The van der Waals surface area contributed by atoms with Crippen LogP contribution in [0.25, 0.3) is 0 Å². The van der Waals surface area contributed by atoms with Crippen molar-refractivity contribution < 1.29 is 13.9 Å². The zero-order valence-electron chi connectivity index (χ0n) is 12.1. The summed E-state index contributed by atoms with van der Waals surface area (Å²) >= 11 is 6.12. The first-order chi connectivity index (χ1) is 9.97. The number of hydrogen-bond acceptors (Lipinski definition) is 4. The van der Waals surface area contributed by atoms with E-state index in [9.17, 15) is 4.79 Å². The van der Waals surface area contributed by atoms with E-state index in [0.29, 0.717) is 34.3 Å². The predicted molar refractivity (Wildman–Crippen MR) is 79.6 cm³/mol. The van der Waals surface area contributed by atoms with Gasteiger partial charge < -0.3 is 14.5 Å². The van der Waals surface area contributed by atoms with Crippen molar-refractivity contribution in [3.05, 3.63) is 46.6 Å². The third kappa shape index (κ3) is 3.98. The molecule has 1 N–H and O–H groups in total. The molecule has 0 saturated carbocycles. The summed E-state index contributed by atoms with van der Waals surface area (Å²) in [6.45, 7) is 5.94. The number of nitrogens with zero attached hydrogens (tertiary/aromatic N) is 1. The summed E-state index contributed by atoms with van der Waals surface area (Å²) < 4.78 is 10.6. The molecular weight excluding hydrogens is 292 g/mol. The van der Waals surface area contributed by atoms with E-state index >= 15 is 0 Å². The van der Waals surface area contributed by atoms with Crippen molar-refractivity contribution in [3.63, 3.8) is 0 Å². The molecule has 0 radical (unpaired) electrons. The Hall–Kier alpha value is -2.01. The number of amides is 1. The molecule has 6 heteroatoms. The average molecular weight is 309 g/mol. The van der Waals surface area contributed by atoms with Gasteiger partial charge in [0.1, 0.15) is 17.2 Å². The summed E-state index contributed by atoms with van der Waals surface area (Å²) in [6.07, 6.45) is 1.40. The van der Waals surface area contributed by atoms with Crippen molar-refractivity contribution in [2.24, 2.45) is 0 Å². The molecule has 1 heterocycles. The zero-order chi connectivity index (χ0) is 15.4. The van der Waals surface area contributed by atoms with Crippen molar-refractivity contribution in [3.8, 4) is 5.75 Å². The third-order valence-corrected chi connectivity index (χ3v) is 3.13. The molecule has 2 aromatic rings. The van der Waals surface area contributed by atoms with Crippen LogP contribution in [-0.4, -0.2) is 17.0 Å². The summed E-state index contributed by atoms with van der Waals surface area (Å²) in [5, 5.41) is 3.11. The smallest absolute Gasteiger partial charge is 0.253 e. The second-order valence-corrected chi connectivity index (χ2v) is 5.25. The number of aryl methyl sites for hydroxylation is 1. The standard InChI is InChI=1S/C15H17ClN2O3/c1-9(2)21-11-4-5-12(13(16)6-11)15(19)17-7-14-10(3)20-8-18-14/h4-6,8-9H,7H2,1-3H3,(H,17,19). The number of rotatable bonds is 5. The van der Waals surface area contributed by atoms with Gasteiger partial charge in [0.2, 0.25) is 0 Å². The SMILES string of the molecule is Cc1ocnc1CNC(=O)c1ccc(OC(C)C)cc1Cl. The highest BCUT2D eigenvalue weighted by molar-refractivity contribution is 6.34. The number of ether oxygens (including phenoxy) is 1. The van der Waals surface area contributed by atoms with E-state index in [2.05, 4.69) is 10.3 Å². The number of benzene rings is 1. The number of hydrogen-bond donors (Lipinski definition) is 1. The van der Waals surface area contributed by atoms with Gasteiger partial charge in [-0.25, -0.2) is 4.98 Å². The Kier molecular flexibility index (Phi) is 4.85. The highest BCUT2D eigenvalue weighted by Gasteiger charge is 2.13. The number of carbonyl (C=O) groups is 1. The lowest BCUT2D eigenvalue weighted by Gasteiger charge is -2.11. The molecule has 1 aromatic carbocycles. The molecule has 0 aliphatic heterocycles. The molecule has 0 atom stereocenters. The summed E-state index contributed by atoms with van der Waals surface area (Å²) in [4.78, 5) is 16.1. The average Bonchev–Trinajstić information content (AvgIpc) is 2.81. The molecule has 0 bridgehead atoms. The highest BCUT2D eigenvalue weighted by Crippen LogP contribution is 2.23. The first-order valence-electron chi connectivity index (χ1n) is 6.60. The lowest BCUT2D eigenvalue weighted by atomic mass is 10.2. The molecule has 21 heavy (non-hydrogen) atoms. The second-order valence-electron chi connectivity index (χ2n) is 4.85. The molecule has 0 aliphatic carbocycles. The van der Waals surface area contributed by atoms with Gasteiger partial charge in [0.05, 0.1) is 23.2 Å². The van der Waals surface area contributed by atoms with Crippen LogP contribution in [0.15, 0.2) is 29.0 Å². The lowest BCUT2D eigenvalue weighted by molar-refractivity contribution is 0.0950. The normalized spacial score (nSPS) is 10.7. The Balaban J connectivity index is 2.04. The fourth-order valence-electron chi connectivity index (χ4n) is 1.78. The Morgan fingerprint density at radius 1 is 1.48 bits per heavy atom. The molecule has 2 rings (SSSR count). The van der Waals surface area contributed by atoms with Gasteiger partial charge in [-0.15, -0.1) is 0 Å². The van der Waals surface area contributed by atoms with Gasteiger partial charge in [-0.2, -0.15) is 0 Å². The maximum absolute atomic E-state index is 12.1. The molecule has 0 aliphatic rings. The molecule has 0 spiro atoms. The van der Waals surface area contributed by atoms with Gasteiger partial charge in [0, 0.05) is 0 Å². The Morgan fingerprint density at radius 3 is 2.81 bits per heavy atom. The molecule has 1 aromatic heterocycles. The van der Waals surface area contributed by atoms with Gasteiger partial charge in [0.15, 0.2) is 6.39 Å². The first-order valence-corrected chi connectivity index (χ1v) is 6.98. The van der Waals surface area contributed by atoms with Gasteiger partial charge in [0.25, 0.3) is 5.91 Å². The van der Waals surface area contributed by atoms with Crippen molar-refractivity contribution in [1.82, 2.24) is 10.3 Å². The van der Waals surface area contributed by atoms with Crippen molar-refractivity contribution in [2.45, 2.75) is 33.4 Å². The number of carbonyl (C=O) groups excluding carboxylic acids is 1. The fourth-order valence-corrected chi connectivity index (χ4v) is 2.04. The molecule has 1 amide bonds. The van der Waals surface area contributed by atoms with Gasteiger partial charge in [-0.1, -0.05) is 11.6 Å². The van der Waals surface area contributed by atoms with Crippen molar-refractivity contribution >= 4 is 17.5 Å². The minimum absolute atomic E-state index is 0.0517. The van der Waals surface area contributed by atoms with E-state index in [1.165, 1.54) is 6.39 Å². The summed E-state index contributed by atoms with van der Waals surface area (Å²) in [5.41, 5.74) is 1.09. The van der Waals surface area contributed by atoms with Crippen LogP contribution in [0, 0.1) is 6.92 Å². The van der Waals surface area contributed by atoms with Crippen LogP contribution >= 0.6 is 11.6 Å². The van der Waals surface area contributed by atoms with Crippen LogP contribution in [0.3, 0.4) is 0 Å². The topological polar surface area (TPSA) is 64.4 Å². The minimum atomic E-state index is -0.265. The van der Waals surface area contributed by atoms with Crippen LogP contribution in [0.4, 0.5) is 0 Å². The summed E-state index contributed by atoms with van der Waals surface area (Å²) in [6, 6.07) is 5.00. The van der Waals surface area contributed by atoms with E-state index in [-0.39, 0.29) is 12.0 Å². The monoisotopic (exact) mass is 308 g/mol. The maximum Gasteiger partial charge on any atom is 0.253 e. The molecule has 112 valence electrons.